The molecule has 5 heteroatoms. The normalized spacial score (nSPS) is 14.4. The second-order valence-corrected chi connectivity index (χ2v) is 5.57. The van der Waals surface area contributed by atoms with Crippen LogP contribution in [0, 0.1) is 13.8 Å². The third kappa shape index (κ3) is 2.01. The van der Waals surface area contributed by atoms with Crippen LogP contribution in [0.4, 0.5) is 0 Å². The standard InChI is InChI=1S/C16H17N5/c1-10-7-15-19-20-16(21(15)11(2)18-10)13-4-3-12-5-6-17-9-14(12)8-13/h3-4,7-8,17H,5-6,9H2,1-2H3. The van der Waals surface area contributed by atoms with Gasteiger partial charge in [0.25, 0.3) is 0 Å². The summed E-state index contributed by atoms with van der Waals surface area (Å²) in [7, 11) is 0. The van der Waals surface area contributed by atoms with Crippen LogP contribution in [0.3, 0.4) is 0 Å². The third-order valence-electron chi connectivity index (χ3n) is 4.04. The van der Waals surface area contributed by atoms with Crippen LogP contribution in [0.15, 0.2) is 24.3 Å². The molecule has 1 N–H and O–H groups in total. The summed E-state index contributed by atoms with van der Waals surface area (Å²) in [6.07, 6.45) is 1.09. The zero-order chi connectivity index (χ0) is 14.4. The Bertz CT molecular complexity index is 834. The van der Waals surface area contributed by atoms with E-state index >= 15 is 0 Å². The van der Waals surface area contributed by atoms with E-state index in [9.17, 15) is 0 Å². The minimum absolute atomic E-state index is 0.853. The van der Waals surface area contributed by atoms with E-state index in [4.69, 9.17) is 0 Å². The largest absolute Gasteiger partial charge is 0.312 e. The van der Waals surface area contributed by atoms with Gasteiger partial charge in [-0.05, 0) is 44.0 Å². The first-order valence-electron chi connectivity index (χ1n) is 7.24. The van der Waals surface area contributed by atoms with Gasteiger partial charge < -0.3 is 5.32 Å². The van der Waals surface area contributed by atoms with E-state index in [1.807, 2.05) is 24.3 Å². The molecule has 5 nitrogen and oxygen atoms in total. The van der Waals surface area contributed by atoms with Crippen LogP contribution in [0.25, 0.3) is 17.0 Å². The molecule has 4 rings (SSSR count). The van der Waals surface area contributed by atoms with Gasteiger partial charge in [0.15, 0.2) is 11.5 Å². The summed E-state index contributed by atoms with van der Waals surface area (Å²) in [6.45, 7) is 5.96. The van der Waals surface area contributed by atoms with Crippen LogP contribution < -0.4 is 5.32 Å². The first-order chi connectivity index (χ1) is 10.2. The predicted octanol–water partition coefficient (Wildman–Crippen LogP) is 2.05. The lowest BCUT2D eigenvalue weighted by Crippen LogP contribution is -2.23. The van der Waals surface area contributed by atoms with Gasteiger partial charge in [-0.3, -0.25) is 4.40 Å². The van der Waals surface area contributed by atoms with E-state index in [-0.39, 0.29) is 0 Å². The average Bonchev–Trinajstić information content (AvgIpc) is 2.90. The minimum Gasteiger partial charge on any atom is -0.312 e. The van der Waals surface area contributed by atoms with Gasteiger partial charge in [-0.15, -0.1) is 10.2 Å². The Balaban J connectivity index is 1.90. The highest BCUT2D eigenvalue weighted by atomic mass is 15.3. The molecule has 1 aliphatic heterocycles. The topological polar surface area (TPSA) is 55.1 Å². The number of hydrogen-bond acceptors (Lipinski definition) is 4. The Morgan fingerprint density at radius 1 is 1.10 bits per heavy atom. The number of aryl methyl sites for hydroxylation is 2. The maximum absolute atomic E-state index is 4.52. The molecule has 0 fully saturated rings. The summed E-state index contributed by atoms with van der Waals surface area (Å²) in [5, 5.41) is 12.1. The number of benzene rings is 1. The fourth-order valence-electron chi connectivity index (χ4n) is 3.04. The molecule has 0 amide bonds. The summed E-state index contributed by atoms with van der Waals surface area (Å²) < 4.78 is 2.02. The van der Waals surface area contributed by atoms with E-state index in [1.165, 1.54) is 11.1 Å². The van der Waals surface area contributed by atoms with E-state index in [0.717, 1.165) is 48.1 Å². The molecule has 0 unspecified atom stereocenters. The molecule has 0 bridgehead atoms. The van der Waals surface area contributed by atoms with Crippen molar-refractivity contribution in [2.24, 2.45) is 0 Å². The minimum atomic E-state index is 0.853. The van der Waals surface area contributed by atoms with Gasteiger partial charge in [-0.25, -0.2) is 4.98 Å². The van der Waals surface area contributed by atoms with Gasteiger partial charge in [0.05, 0.1) is 0 Å². The monoisotopic (exact) mass is 279 g/mol. The molecule has 0 spiro atoms. The second-order valence-electron chi connectivity index (χ2n) is 5.57. The second kappa shape index (κ2) is 4.63. The molecule has 21 heavy (non-hydrogen) atoms. The molecule has 0 saturated heterocycles. The summed E-state index contributed by atoms with van der Waals surface area (Å²) in [6, 6.07) is 8.53. The van der Waals surface area contributed by atoms with Crippen molar-refractivity contribution in [3.63, 3.8) is 0 Å². The number of nitrogens with one attached hydrogen (secondary N) is 1. The number of nitrogens with zero attached hydrogens (tertiary/aromatic N) is 4. The molecule has 0 atom stereocenters. The molecule has 1 aromatic carbocycles. The van der Waals surface area contributed by atoms with Gasteiger partial charge in [-0.2, -0.15) is 0 Å². The van der Waals surface area contributed by atoms with Gasteiger partial charge >= 0.3 is 0 Å². The van der Waals surface area contributed by atoms with Crippen molar-refractivity contribution in [1.82, 2.24) is 24.9 Å². The van der Waals surface area contributed by atoms with Crippen LogP contribution in [0.5, 0.6) is 0 Å². The maximum Gasteiger partial charge on any atom is 0.169 e. The number of hydrogen-bond donors (Lipinski definition) is 1. The Morgan fingerprint density at radius 2 is 2.00 bits per heavy atom. The van der Waals surface area contributed by atoms with Crippen LogP contribution in [0.2, 0.25) is 0 Å². The molecule has 106 valence electrons. The third-order valence-corrected chi connectivity index (χ3v) is 4.04. The first-order valence-corrected chi connectivity index (χ1v) is 7.24. The fourth-order valence-corrected chi connectivity index (χ4v) is 3.04. The summed E-state index contributed by atoms with van der Waals surface area (Å²) in [4.78, 5) is 4.52. The van der Waals surface area contributed by atoms with Crippen LogP contribution >= 0.6 is 0 Å². The Morgan fingerprint density at radius 3 is 2.90 bits per heavy atom. The molecule has 3 aromatic rings. The maximum atomic E-state index is 4.52. The molecular formula is C16H17N5. The molecule has 2 aromatic heterocycles. The van der Waals surface area contributed by atoms with Crippen molar-refractivity contribution in [1.29, 1.82) is 0 Å². The molecule has 3 heterocycles. The van der Waals surface area contributed by atoms with Crippen molar-refractivity contribution in [3.8, 4) is 11.4 Å². The van der Waals surface area contributed by atoms with Crippen LogP contribution in [-0.4, -0.2) is 26.1 Å². The van der Waals surface area contributed by atoms with Gasteiger partial charge in [0.1, 0.15) is 5.82 Å². The van der Waals surface area contributed by atoms with Crippen molar-refractivity contribution < 1.29 is 0 Å². The lowest BCUT2D eigenvalue weighted by Gasteiger charge is -2.17. The number of fused-ring (bicyclic) bond motifs is 2. The lowest BCUT2D eigenvalue weighted by atomic mass is 9.98. The zero-order valence-corrected chi connectivity index (χ0v) is 12.2. The zero-order valence-electron chi connectivity index (χ0n) is 12.2. The summed E-state index contributed by atoms with van der Waals surface area (Å²) >= 11 is 0. The highest BCUT2D eigenvalue weighted by Crippen LogP contribution is 2.24. The molecule has 0 radical (unpaired) electrons. The quantitative estimate of drug-likeness (QED) is 0.741. The van der Waals surface area contributed by atoms with Gasteiger partial charge in [0.2, 0.25) is 0 Å². The highest BCUT2D eigenvalue weighted by Gasteiger charge is 2.14. The van der Waals surface area contributed by atoms with E-state index < -0.39 is 0 Å². The fraction of sp³-hybridized carbons (Fsp3) is 0.312. The SMILES string of the molecule is Cc1cc2nnc(-c3ccc4c(c3)CNCC4)n2c(C)n1. The van der Waals surface area contributed by atoms with Crippen molar-refractivity contribution in [2.45, 2.75) is 26.8 Å². The van der Waals surface area contributed by atoms with Crippen LogP contribution in [0.1, 0.15) is 22.6 Å². The van der Waals surface area contributed by atoms with Gasteiger partial charge in [0, 0.05) is 23.9 Å². The Labute approximate surface area is 123 Å². The van der Waals surface area contributed by atoms with Gasteiger partial charge in [-0.1, -0.05) is 12.1 Å². The highest BCUT2D eigenvalue weighted by molar-refractivity contribution is 5.62. The first kappa shape index (κ1) is 12.5. The van der Waals surface area contributed by atoms with E-state index in [1.54, 1.807) is 0 Å². The van der Waals surface area contributed by atoms with Crippen molar-refractivity contribution >= 4 is 5.65 Å². The van der Waals surface area contributed by atoms with E-state index in [2.05, 4.69) is 38.7 Å². The molecular weight excluding hydrogens is 262 g/mol. The summed E-state index contributed by atoms with van der Waals surface area (Å²) in [5.41, 5.74) is 5.70. The predicted molar refractivity (Wildman–Crippen MR) is 81.1 cm³/mol. The number of aromatic nitrogens is 4. The smallest absolute Gasteiger partial charge is 0.169 e. The van der Waals surface area contributed by atoms with E-state index in [0.29, 0.717) is 0 Å². The Hall–Kier alpha value is -2.27. The molecule has 1 aliphatic rings. The summed E-state index contributed by atoms with van der Waals surface area (Å²) in [5.74, 6) is 1.78. The lowest BCUT2D eigenvalue weighted by molar-refractivity contribution is 0.644. The number of rotatable bonds is 1. The van der Waals surface area contributed by atoms with Crippen molar-refractivity contribution in [2.75, 3.05) is 6.54 Å². The van der Waals surface area contributed by atoms with Crippen LogP contribution in [-0.2, 0) is 13.0 Å². The molecule has 0 aliphatic carbocycles. The molecule has 0 saturated carbocycles. The Kier molecular flexibility index (Phi) is 2.75. The average molecular weight is 279 g/mol. The van der Waals surface area contributed by atoms with Crippen molar-refractivity contribution in [3.05, 3.63) is 46.9 Å².